The molecule has 0 aliphatic rings. The van der Waals surface area contributed by atoms with Crippen LogP contribution in [0.15, 0.2) is 53.3 Å². The van der Waals surface area contributed by atoms with Crippen LogP contribution in [0.3, 0.4) is 0 Å². The molecule has 18 heavy (non-hydrogen) atoms. The lowest BCUT2D eigenvalue weighted by Gasteiger charge is -2.23. The van der Waals surface area contributed by atoms with Gasteiger partial charge in [0.15, 0.2) is 0 Å². The van der Waals surface area contributed by atoms with Crippen LogP contribution in [0.25, 0.3) is 0 Å². The van der Waals surface area contributed by atoms with Gasteiger partial charge in [0.2, 0.25) is 0 Å². The van der Waals surface area contributed by atoms with Crippen molar-refractivity contribution in [2.45, 2.75) is 18.8 Å². The smallest absolute Gasteiger partial charge is 0.0845 e. The number of pyridine rings is 1. The maximum atomic E-state index is 9.53. The SMILES string of the molecule is CC(C#N)(Cc1cccnc1)c1ccccc1Br. The van der Waals surface area contributed by atoms with E-state index >= 15 is 0 Å². The van der Waals surface area contributed by atoms with E-state index in [0.29, 0.717) is 6.42 Å². The third-order valence-corrected chi connectivity index (χ3v) is 3.69. The summed E-state index contributed by atoms with van der Waals surface area (Å²) in [5, 5.41) is 9.53. The van der Waals surface area contributed by atoms with Gasteiger partial charge in [0.25, 0.3) is 0 Å². The molecule has 0 saturated heterocycles. The quantitative estimate of drug-likeness (QED) is 0.863. The lowest BCUT2D eigenvalue weighted by atomic mass is 9.79. The molecule has 0 saturated carbocycles. The molecule has 1 heterocycles. The average Bonchev–Trinajstić information content (AvgIpc) is 2.40. The summed E-state index contributed by atoms with van der Waals surface area (Å²) in [5.74, 6) is 0. The Kier molecular flexibility index (Phi) is 3.78. The molecule has 0 radical (unpaired) electrons. The third kappa shape index (κ3) is 2.60. The highest BCUT2D eigenvalue weighted by Crippen LogP contribution is 2.32. The molecule has 1 atom stereocenters. The summed E-state index contributed by atoms with van der Waals surface area (Å²) in [4.78, 5) is 4.10. The Labute approximate surface area is 115 Å². The number of nitrogens with zero attached hydrogens (tertiary/aromatic N) is 2. The van der Waals surface area contributed by atoms with Crippen LogP contribution in [0.4, 0.5) is 0 Å². The topological polar surface area (TPSA) is 36.7 Å². The average molecular weight is 301 g/mol. The molecule has 2 nitrogen and oxygen atoms in total. The molecule has 2 rings (SSSR count). The molecule has 0 aliphatic carbocycles. The summed E-state index contributed by atoms with van der Waals surface area (Å²) in [7, 11) is 0. The minimum Gasteiger partial charge on any atom is -0.264 e. The molecule has 0 aliphatic heterocycles. The van der Waals surface area contributed by atoms with Gasteiger partial charge in [-0.3, -0.25) is 4.98 Å². The van der Waals surface area contributed by atoms with E-state index in [-0.39, 0.29) is 0 Å². The Morgan fingerprint density at radius 2 is 2.06 bits per heavy atom. The second-order valence-electron chi connectivity index (χ2n) is 4.46. The highest BCUT2D eigenvalue weighted by atomic mass is 79.9. The van der Waals surface area contributed by atoms with Crippen LogP contribution in [0, 0.1) is 11.3 Å². The number of benzene rings is 1. The number of nitriles is 1. The Morgan fingerprint density at radius 3 is 2.67 bits per heavy atom. The Balaban J connectivity index is 2.38. The van der Waals surface area contributed by atoms with Crippen molar-refractivity contribution in [1.82, 2.24) is 4.98 Å². The number of hydrogen-bond acceptors (Lipinski definition) is 2. The molecule has 2 aromatic rings. The van der Waals surface area contributed by atoms with E-state index in [1.54, 1.807) is 6.20 Å². The zero-order chi connectivity index (χ0) is 13.0. The predicted octanol–water partition coefficient (Wildman–Crippen LogP) is 3.87. The monoisotopic (exact) mass is 300 g/mol. The van der Waals surface area contributed by atoms with Crippen LogP contribution in [-0.4, -0.2) is 4.98 Å². The summed E-state index contributed by atoms with van der Waals surface area (Å²) in [6, 6.07) is 14.2. The first kappa shape index (κ1) is 12.8. The highest BCUT2D eigenvalue weighted by molar-refractivity contribution is 9.10. The molecular formula is C15H13BrN2. The molecule has 1 aromatic heterocycles. The van der Waals surface area contributed by atoms with Gasteiger partial charge in [0, 0.05) is 16.9 Å². The van der Waals surface area contributed by atoms with E-state index in [1.807, 2.05) is 49.5 Å². The molecule has 90 valence electrons. The van der Waals surface area contributed by atoms with Crippen molar-refractivity contribution in [3.05, 3.63) is 64.4 Å². The van der Waals surface area contributed by atoms with Gasteiger partial charge in [-0.25, -0.2) is 0 Å². The molecular weight excluding hydrogens is 288 g/mol. The fraction of sp³-hybridized carbons (Fsp3) is 0.200. The molecule has 1 unspecified atom stereocenters. The second kappa shape index (κ2) is 5.32. The number of hydrogen-bond donors (Lipinski definition) is 0. The number of aromatic nitrogens is 1. The zero-order valence-electron chi connectivity index (χ0n) is 10.1. The van der Waals surface area contributed by atoms with Gasteiger partial charge in [-0.15, -0.1) is 0 Å². The van der Waals surface area contributed by atoms with Crippen molar-refractivity contribution >= 4 is 15.9 Å². The predicted molar refractivity (Wildman–Crippen MR) is 75.0 cm³/mol. The first-order valence-corrected chi connectivity index (χ1v) is 6.50. The Bertz CT molecular complexity index is 575. The normalized spacial score (nSPS) is 13.6. The van der Waals surface area contributed by atoms with Gasteiger partial charge in [-0.1, -0.05) is 40.2 Å². The summed E-state index contributed by atoms with van der Waals surface area (Å²) < 4.78 is 0.970. The number of rotatable bonds is 3. The molecule has 0 bridgehead atoms. The highest BCUT2D eigenvalue weighted by Gasteiger charge is 2.28. The largest absolute Gasteiger partial charge is 0.264 e. The van der Waals surface area contributed by atoms with E-state index in [1.165, 1.54) is 0 Å². The molecule has 0 spiro atoms. The van der Waals surface area contributed by atoms with Crippen LogP contribution in [0.2, 0.25) is 0 Å². The molecule has 0 fully saturated rings. The standard InChI is InChI=1S/C15H13BrN2/c1-15(11-17,9-12-5-4-8-18-10-12)13-6-2-3-7-14(13)16/h2-8,10H,9H2,1H3. The van der Waals surface area contributed by atoms with Crippen LogP contribution in [0.1, 0.15) is 18.1 Å². The molecule has 3 heteroatoms. The maximum absolute atomic E-state index is 9.53. The van der Waals surface area contributed by atoms with Crippen molar-refractivity contribution < 1.29 is 0 Å². The fourth-order valence-electron chi connectivity index (χ4n) is 2.01. The second-order valence-corrected chi connectivity index (χ2v) is 5.32. The van der Waals surface area contributed by atoms with Crippen molar-refractivity contribution in [2.75, 3.05) is 0 Å². The summed E-state index contributed by atoms with van der Waals surface area (Å²) >= 11 is 3.52. The lowest BCUT2D eigenvalue weighted by Crippen LogP contribution is -2.23. The lowest BCUT2D eigenvalue weighted by molar-refractivity contribution is 0.602. The molecule has 0 N–H and O–H groups in total. The van der Waals surface area contributed by atoms with E-state index in [9.17, 15) is 5.26 Å². The van der Waals surface area contributed by atoms with Gasteiger partial charge in [0.1, 0.15) is 0 Å². The van der Waals surface area contributed by atoms with Gasteiger partial charge in [-0.05, 0) is 36.6 Å². The van der Waals surface area contributed by atoms with E-state index in [4.69, 9.17) is 0 Å². The first-order valence-electron chi connectivity index (χ1n) is 5.71. The van der Waals surface area contributed by atoms with Crippen LogP contribution < -0.4 is 0 Å². The van der Waals surface area contributed by atoms with Gasteiger partial charge < -0.3 is 0 Å². The Hall–Kier alpha value is -1.66. The van der Waals surface area contributed by atoms with Crippen LogP contribution in [-0.2, 0) is 11.8 Å². The third-order valence-electron chi connectivity index (χ3n) is 3.00. The fourth-order valence-corrected chi connectivity index (χ4v) is 2.74. The minimum atomic E-state index is -0.552. The van der Waals surface area contributed by atoms with E-state index in [0.717, 1.165) is 15.6 Å². The van der Waals surface area contributed by atoms with Crippen molar-refractivity contribution in [2.24, 2.45) is 0 Å². The van der Waals surface area contributed by atoms with Gasteiger partial charge in [0.05, 0.1) is 11.5 Å². The van der Waals surface area contributed by atoms with E-state index < -0.39 is 5.41 Å². The minimum absolute atomic E-state index is 0.552. The molecule has 1 aromatic carbocycles. The van der Waals surface area contributed by atoms with E-state index in [2.05, 4.69) is 27.0 Å². The van der Waals surface area contributed by atoms with Gasteiger partial charge >= 0.3 is 0 Å². The van der Waals surface area contributed by atoms with Gasteiger partial charge in [-0.2, -0.15) is 5.26 Å². The van der Waals surface area contributed by atoms with Crippen LogP contribution in [0.5, 0.6) is 0 Å². The van der Waals surface area contributed by atoms with Crippen LogP contribution >= 0.6 is 15.9 Å². The van der Waals surface area contributed by atoms with Crippen molar-refractivity contribution in [1.29, 1.82) is 5.26 Å². The first-order chi connectivity index (χ1) is 8.65. The Morgan fingerprint density at radius 1 is 1.28 bits per heavy atom. The summed E-state index contributed by atoms with van der Waals surface area (Å²) in [6.07, 6.45) is 4.21. The zero-order valence-corrected chi connectivity index (χ0v) is 11.7. The maximum Gasteiger partial charge on any atom is 0.0845 e. The summed E-state index contributed by atoms with van der Waals surface area (Å²) in [6.45, 7) is 1.96. The van der Waals surface area contributed by atoms with Crippen molar-refractivity contribution in [3.8, 4) is 6.07 Å². The van der Waals surface area contributed by atoms with Crippen molar-refractivity contribution in [3.63, 3.8) is 0 Å². The molecule has 0 amide bonds. The summed E-state index contributed by atoms with van der Waals surface area (Å²) in [5.41, 5.74) is 1.53. The number of halogens is 1.